The number of hydrogen-bond acceptors (Lipinski definition) is 18. The zero-order valence-electron chi connectivity index (χ0n) is 19.4. The van der Waals surface area contributed by atoms with Crippen LogP contribution in [0.2, 0.25) is 0 Å². The molecular formula is H42F6O18S12Sb6. The third-order valence-corrected chi connectivity index (χ3v) is 0. The van der Waals surface area contributed by atoms with Gasteiger partial charge in [0.15, 0.2) is 0 Å². The zero-order chi connectivity index (χ0) is 21.5. The summed E-state index contributed by atoms with van der Waals surface area (Å²) in [5.41, 5.74) is 0. The summed E-state index contributed by atoms with van der Waals surface area (Å²) in [6.45, 7) is 0. The van der Waals surface area contributed by atoms with E-state index in [-0.39, 0.29) is 190 Å². The van der Waals surface area contributed by atoms with Crippen molar-refractivity contribution in [2.75, 3.05) is 0 Å². The van der Waals surface area contributed by atoms with Crippen LogP contribution in [-0.2, 0) is 180 Å². The van der Waals surface area contributed by atoms with Gasteiger partial charge in [-0.2, -0.15) is 0 Å². The fourth-order valence-corrected chi connectivity index (χ4v) is 0. The van der Waals surface area contributed by atoms with Crippen molar-refractivity contribution in [1.82, 2.24) is 0 Å². The summed E-state index contributed by atoms with van der Waals surface area (Å²) in [6.07, 6.45) is 0. The summed E-state index contributed by atoms with van der Waals surface area (Å²) in [5.74, 6) is 0. The van der Waals surface area contributed by atoms with E-state index in [1.807, 2.05) is 0 Å². The Hall–Kier alpha value is 7.01. The van der Waals surface area contributed by atoms with E-state index in [1.54, 1.807) is 0 Å². The van der Waals surface area contributed by atoms with Gasteiger partial charge < -0.3 is 0 Å². The Morgan fingerprint density at radius 3 is 0.190 bits per heavy atom. The quantitative estimate of drug-likeness (QED) is 0.123. The average Bonchev–Trinajstić information content (AvgIpc) is 2.08. The maximum absolute atomic E-state index is 8.60. The maximum Gasteiger partial charge on any atom is -0.0576 e. The van der Waals surface area contributed by atoms with Gasteiger partial charge in [-0.25, -0.2) is 0 Å². The van der Waals surface area contributed by atoms with Crippen LogP contribution in [0.15, 0.2) is 0 Å². The molecule has 0 heterocycles. The Bertz CT molecular complexity index is 309. The van der Waals surface area contributed by atoms with E-state index in [4.69, 9.17) is 58.7 Å². The van der Waals surface area contributed by atoms with Gasteiger partial charge >= 0.3 is 185 Å². The Morgan fingerprint density at radius 1 is 0.190 bits per heavy atom. The molecule has 42 heavy (non-hydrogen) atoms. The minimum absolute atomic E-state index is 0. The summed E-state index contributed by atoms with van der Waals surface area (Å²) in [7, 11) is 0. The SMILES string of the molecule is F.F.F.F.F.F.[O]=[Sb]([O-])[O-].[O]=[Sb]([O-])[O-].[O]=[Sb]([O-])[O-].[O]=[Sb]([O-])[O-].[O]=[Sb]([O-])[O-].[O]=[Sb]([O-])[O-].[SH3+].[SH3+].[SH3+].[SH3+].[SH3+].[SH3+].[SH3+].[SH3+].[SH3+].[SH3+].[SH3+].[SH3+]. The Balaban J connectivity index is -0.00000000388. The molecule has 0 aliphatic carbocycles. The molecule has 6 radical (unpaired) electrons. The van der Waals surface area contributed by atoms with Crippen molar-refractivity contribution in [1.29, 1.82) is 0 Å². The molecule has 0 aromatic carbocycles. The molecule has 0 atom stereocenters. The molecule has 0 unspecified atom stereocenters. The topological polar surface area (TPSA) is 379 Å². The van der Waals surface area contributed by atoms with E-state index in [0.29, 0.717) is 0 Å². The largest absolute Gasteiger partial charge is 0.0576 e. The Morgan fingerprint density at radius 2 is 0.190 bits per heavy atom. The van der Waals surface area contributed by atoms with Crippen molar-refractivity contribution in [3.8, 4) is 0 Å². The summed E-state index contributed by atoms with van der Waals surface area (Å²) in [4.78, 5) is 0. The van der Waals surface area contributed by atoms with E-state index in [2.05, 4.69) is 0 Å². The fraction of sp³-hybridized carbons (Fsp3) is 0. The molecule has 0 aromatic heterocycles. The zero-order valence-corrected chi connectivity index (χ0v) is 48.6. The molecule has 0 fully saturated rings. The summed E-state index contributed by atoms with van der Waals surface area (Å²) >= 11 is -25.2. The van der Waals surface area contributed by atoms with Crippen molar-refractivity contribution in [2.24, 2.45) is 0 Å². The Kier molecular flexibility index (Phi) is 729. The van der Waals surface area contributed by atoms with Crippen LogP contribution in [-0.4, -0.2) is 126 Å². The first kappa shape index (κ1) is 181. The second-order valence-corrected chi connectivity index (χ2v) is 9.00. The van der Waals surface area contributed by atoms with E-state index in [1.165, 1.54) is 0 Å². The molecule has 0 spiro atoms. The molecule has 0 rings (SSSR count). The van der Waals surface area contributed by atoms with E-state index in [0.717, 1.165) is 0 Å². The van der Waals surface area contributed by atoms with Gasteiger partial charge in [0.25, 0.3) is 0 Å². The minimum Gasteiger partial charge on any atom is -0.0576 e. The van der Waals surface area contributed by atoms with Crippen LogP contribution in [0.25, 0.3) is 0 Å². The first-order chi connectivity index (χ1) is 10.4. The molecule has 0 bridgehead atoms. The van der Waals surface area contributed by atoms with Gasteiger partial charge in [0.2, 0.25) is 0 Å². The fourth-order valence-electron chi connectivity index (χ4n) is 0. The van der Waals surface area contributed by atoms with Crippen LogP contribution in [0.5, 0.6) is 0 Å². The first-order valence-corrected chi connectivity index (χ1v) is 22.0. The molecule has 0 aliphatic heterocycles. The van der Waals surface area contributed by atoms with Crippen molar-refractivity contribution in [3.63, 3.8) is 0 Å². The molecule has 0 saturated carbocycles. The second kappa shape index (κ2) is 170. The van der Waals surface area contributed by atoms with Gasteiger partial charge in [-0.1, -0.05) is 162 Å². The van der Waals surface area contributed by atoms with Crippen LogP contribution < -0.4 is 40.6 Å². The maximum atomic E-state index is 8.60. The standard InChI is InChI=1S/6FH.18O.12H2S.6Sb/h6*1H;;;;;;;;;;;;;;;;;;;12*1H2;;;;;;/q;;;;;;;;;;;;12*-1;;;;;;;;;;;;;;;;;;/p+12. The van der Waals surface area contributed by atoms with E-state index >= 15 is 0 Å². The molecule has 42 heteroatoms. The summed E-state index contributed by atoms with van der Waals surface area (Å²) < 4.78 is 155. The summed E-state index contributed by atoms with van der Waals surface area (Å²) in [6, 6.07) is 0. The predicted octanol–water partition coefficient (Wildman–Crippen LogP) is -26.0. The number of hydrogen-bond donors (Lipinski definition) is 0. The molecule has 0 N–H and O–H groups in total. The van der Waals surface area contributed by atoms with Crippen LogP contribution >= 0.6 is 0 Å². The molecule has 0 amide bonds. The van der Waals surface area contributed by atoms with Crippen molar-refractivity contribution < 1.29 is 87.0 Å². The average molecular weight is 1560 g/mol. The third-order valence-electron chi connectivity index (χ3n) is 0. The third kappa shape index (κ3) is 2030. The molecule has 0 saturated heterocycles. The Labute approximate surface area is 368 Å². The van der Waals surface area contributed by atoms with Gasteiger partial charge in [-0.05, 0) is 0 Å². The van der Waals surface area contributed by atoms with Crippen LogP contribution in [0.3, 0.4) is 0 Å². The van der Waals surface area contributed by atoms with Crippen LogP contribution in [0.1, 0.15) is 0 Å². The molecule has 18 nitrogen and oxygen atoms in total. The van der Waals surface area contributed by atoms with E-state index in [9.17, 15) is 0 Å². The molecular weight excluding hydrogens is 1520 g/mol. The van der Waals surface area contributed by atoms with Crippen molar-refractivity contribution >= 4 is 288 Å². The molecule has 0 aliphatic rings. The predicted molar refractivity (Wildman–Crippen MR) is 192 cm³/mol. The van der Waals surface area contributed by atoms with Gasteiger partial charge in [-0.15, -0.1) is 0 Å². The van der Waals surface area contributed by atoms with Gasteiger partial charge in [0.1, 0.15) is 0 Å². The van der Waals surface area contributed by atoms with Crippen LogP contribution in [0.4, 0.5) is 28.2 Å². The number of halogens is 6. The normalized spacial score (nSPS) is 3.71. The van der Waals surface area contributed by atoms with Crippen molar-refractivity contribution in [2.45, 2.75) is 0 Å². The minimum atomic E-state index is -4.20. The number of rotatable bonds is 0. The van der Waals surface area contributed by atoms with Gasteiger partial charge in [-0.3, -0.25) is 28.2 Å². The summed E-state index contributed by atoms with van der Waals surface area (Å²) in [5, 5.41) is 0. The molecule has 294 valence electrons. The van der Waals surface area contributed by atoms with Crippen molar-refractivity contribution in [3.05, 3.63) is 0 Å². The first-order valence-electron chi connectivity index (χ1n) is 3.29. The smallest absolute Gasteiger partial charge is 0.0576 e. The van der Waals surface area contributed by atoms with E-state index < -0.39 is 126 Å². The van der Waals surface area contributed by atoms with Crippen LogP contribution in [0, 0.1) is 0 Å². The monoisotopic (exact) mass is 1550 g/mol. The molecule has 0 aromatic rings. The van der Waals surface area contributed by atoms with Gasteiger partial charge in [0, 0.05) is 0 Å². The second-order valence-electron chi connectivity index (χ2n) is 1.34. The van der Waals surface area contributed by atoms with Gasteiger partial charge in [0.05, 0.1) is 0 Å².